The quantitative estimate of drug-likeness (QED) is 0.709. The molecule has 1 N–H and O–H groups in total. The summed E-state index contributed by atoms with van der Waals surface area (Å²) in [5.41, 5.74) is 1.09. The summed E-state index contributed by atoms with van der Waals surface area (Å²) in [6, 6.07) is 3.77. The number of carbonyl (C=O) groups excluding carboxylic acids is 1. The molecule has 4 rings (SSSR count). The Hall–Kier alpha value is -2.77. The number of nitrogens with one attached hydrogen (secondary N) is 1. The molecule has 142 valence electrons. The maximum absolute atomic E-state index is 13.0. The molecule has 0 bridgehead atoms. The van der Waals surface area contributed by atoms with Crippen molar-refractivity contribution in [2.24, 2.45) is 0 Å². The van der Waals surface area contributed by atoms with E-state index >= 15 is 0 Å². The average Bonchev–Trinajstić information content (AvgIpc) is 2.96. The summed E-state index contributed by atoms with van der Waals surface area (Å²) in [6.45, 7) is 1.92. The fourth-order valence-corrected chi connectivity index (χ4v) is 3.91. The summed E-state index contributed by atoms with van der Waals surface area (Å²) >= 11 is 0. The van der Waals surface area contributed by atoms with E-state index < -0.39 is 0 Å². The molecule has 0 aromatic carbocycles. The van der Waals surface area contributed by atoms with Crippen molar-refractivity contribution in [1.82, 2.24) is 29.5 Å². The lowest BCUT2D eigenvalue weighted by Gasteiger charge is -2.17. The number of rotatable bonds is 4. The van der Waals surface area contributed by atoms with Gasteiger partial charge in [0.2, 0.25) is 11.6 Å². The number of aryl methyl sites for hydroxylation is 1. The number of fused-ring (bicyclic) bond motifs is 3. The SMILES string of the molecule is CCc1nnc2c(=O)n(CC(=O)NC3CCCCCC3)c3cccnc3n12. The summed E-state index contributed by atoms with van der Waals surface area (Å²) in [5.74, 6) is 0.537. The van der Waals surface area contributed by atoms with E-state index in [2.05, 4.69) is 20.5 Å². The summed E-state index contributed by atoms with van der Waals surface area (Å²) in [5, 5.41) is 11.3. The number of nitrogens with zero attached hydrogens (tertiary/aromatic N) is 5. The predicted octanol–water partition coefficient (Wildman–Crippen LogP) is 1.84. The molecule has 0 atom stereocenters. The van der Waals surface area contributed by atoms with Gasteiger partial charge in [0.1, 0.15) is 12.4 Å². The molecule has 27 heavy (non-hydrogen) atoms. The third-order valence-electron chi connectivity index (χ3n) is 5.27. The molecule has 0 spiro atoms. The molecule has 0 aliphatic heterocycles. The maximum Gasteiger partial charge on any atom is 0.297 e. The Kier molecular flexibility index (Phi) is 4.87. The highest BCUT2D eigenvalue weighted by Gasteiger charge is 2.20. The minimum Gasteiger partial charge on any atom is -0.352 e. The Labute approximate surface area is 156 Å². The topological polar surface area (TPSA) is 94.2 Å². The molecule has 0 unspecified atom stereocenters. The number of amides is 1. The van der Waals surface area contributed by atoms with E-state index in [0.29, 0.717) is 23.4 Å². The second kappa shape index (κ2) is 7.46. The summed E-state index contributed by atoms with van der Waals surface area (Å²) in [7, 11) is 0. The van der Waals surface area contributed by atoms with Gasteiger partial charge in [-0.1, -0.05) is 32.6 Å². The molecule has 1 amide bonds. The van der Waals surface area contributed by atoms with E-state index in [1.165, 1.54) is 17.4 Å². The van der Waals surface area contributed by atoms with Gasteiger partial charge < -0.3 is 5.32 Å². The Morgan fingerprint density at radius 2 is 1.96 bits per heavy atom. The van der Waals surface area contributed by atoms with E-state index in [1.54, 1.807) is 16.7 Å². The van der Waals surface area contributed by atoms with E-state index in [4.69, 9.17) is 0 Å². The van der Waals surface area contributed by atoms with Crippen molar-refractivity contribution in [3.05, 3.63) is 34.5 Å². The maximum atomic E-state index is 13.0. The van der Waals surface area contributed by atoms with Crippen molar-refractivity contribution < 1.29 is 4.79 Å². The highest BCUT2D eigenvalue weighted by molar-refractivity contribution is 5.80. The van der Waals surface area contributed by atoms with Crippen molar-refractivity contribution in [2.75, 3.05) is 0 Å². The second-order valence-corrected chi connectivity index (χ2v) is 7.12. The van der Waals surface area contributed by atoms with Crippen LogP contribution in [0, 0.1) is 0 Å². The van der Waals surface area contributed by atoms with Crippen LogP contribution < -0.4 is 10.9 Å². The van der Waals surface area contributed by atoms with E-state index in [-0.39, 0.29) is 29.7 Å². The highest BCUT2D eigenvalue weighted by atomic mass is 16.2. The van der Waals surface area contributed by atoms with Crippen LogP contribution in [0.3, 0.4) is 0 Å². The van der Waals surface area contributed by atoms with Gasteiger partial charge in [0.15, 0.2) is 5.65 Å². The van der Waals surface area contributed by atoms with Gasteiger partial charge in [0, 0.05) is 18.7 Å². The molecule has 8 nitrogen and oxygen atoms in total. The van der Waals surface area contributed by atoms with Crippen LogP contribution in [-0.4, -0.2) is 36.1 Å². The second-order valence-electron chi connectivity index (χ2n) is 7.12. The van der Waals surface area contributed by atoms with Crippen LogP contribution in [0.25, 0.3) is 16.8 Å². The molecule has 1 fully saturated rings. The number of hydrogen-bond donors (Lipinski definition) is 1. The number of hydrogen-bond acceptors (Lipinski definition) is 5. The molecule has 1 aliphatic rings. The number of carbonyl (C=O) groups is 1. The van der Waals surface area contributed by atoms with Crippen LogP contribution in [0.4, 0.5) is 0 Å². The van der Waals surface area contributed by atoms with Gasteiger partial charge in [-0.2, -0.15) is 0 Å². The fourth-order valence-electron chi connectivity index (χ4n) is 3.91. The fraction of sp³-hybridized carbons (Fsp3) is 0.526. The Morgan fingerprint density at radius 3 is 2.70 bits per heavy atom. The minimum atomic E-state index is -0.321. The summed E-state index contributed by atoms with van der Waals surface area (Å²) < 4.78 is 3.15. The molecule has 0 saturated heterocycles. The molecular weight excluding hydrogens is 344 g/mol. The normalized spacial score (nSPS) is 15.9. The molecule has 1 saturated carbocycles. The van der Waals surface area contributed by atoms with Gasteiger partial charge in [0.25, 0.3) is 5.56 Å². The number of aromatic nitrogens is 5. The van der Waals surface area contributed by atoms with E-state index in [9.17, 15) is 9.59 Å². The first-order valence-electron chi connectivity index (χ1n) is 9.70. The van der Waals surface area contributed by atoms with Crippen LogP contribution >= 0.6 is 0 Å². The van der Waals surface area contributed by atoms with Crippen LogP contribution in [0.15, 0.2) is 23.1 Å². The molecule has 3 heterocycles. The molecule has 1 aliphatic carbocycles. The van der Waals surface area contributed by atoms with Crippen LogP contribution in [0.2, 0.25) is 0 Å². The van der Waals surface area contributed by atoms with Crippen molar-refractivity contribution >= 4 is 22.7 Å². The highest BCUT2D eigenvalue weighted by Crippen LogP contribution is 2.17. The molecule has 3 aromatic heterocycles. The van der Waals surface area contributed by atoms with Crippen molar-refractivity contribution in [2.45, 2.75) is 64.5 Å². The van der Waals surface area contributed by atoms with Gasteiger partial charge in [-0.05, 0) is 25.0 Å². The number of pyridine rings is 1. The van der Waals surface area contributed by atoms with E-state index in [0.717, 1.165) is 25.7 Å². The minimum absolute atomic E-state index is 0.0393. The molecule has 0 radical (unpaired) electrons. The van der Waals surface area contributed by atoms with Crippen LogP contribution in [0.1, 0.15) is 51.3 Å². The van der Waals surface area contributed by atoms with Crippen molar-refractivity contribution in [3.63, 3.8) is 0 Å². The zero-order valence-electron chi connectivity index (χ0n) is 15.5. The summed E-state index contributed by atoms with van der Waals surface area (Å²) in [6.07, 6.45) is 9.06. The largest absolute Gasteiger partial charge is 0.352 e. The first-order chi connectivity index (χ1) is 13.2. The third kappa shape index (κ3) is 3.31. The standard InChI is InChI=1S/C19H24N6O2/c1-2-15-22-23-18-19(27)24(14-10-7-11-20-17(14)25(15)18)12-16(26)21-13-8-5-3-4-6-9-13/h7,10-11,13H,2-6,8-9,12H2,1H3,(H,21,26). The van der Waals surface area contributed by atoms with Gasteiger partial charge in [0.05, 0.1) is 5.52 Å². The Balaban J connectivity index is 1.71. The Morgan fingerprint density at radius 1 is 1.19 bits per heavy atom. The first-order valence-corrected chi connectivity index (χ1v) is 9.70. The van der Waals surface area contributed by atoms with Gasteiger partial charge in [-0.15, -0.1) is 10.2 Å². The van der Waals surface area contributed by atoms with Gasteiger partial charge in [-0.3, -0.25) is 18.6 Å². The van der Waals surface area contributed by atoms with Gasteiger partial charge >= 0.3 is 0 Å². The Bertz CT molecular complexity index is 1030. The zero-order valence-corrected chi connectivity index (χ0v) is 15.5. The third-order valence-corrected chi connectivity index (χ3v) is 5.27. The summed E-state index contributed by atoms with van der Waals surface area (Å²) in [4.78, 5) is 30.1. The monoisotopic (exact) mass is 368 g/mol. The molecule has 8 heteroatoms. The van der Waals surface area contributed by atoms with Crippen molar-refractivity contribution in [1.29, 1.82) is 0 Å². The lowest BCUT2D eigenvalue weighted by atomic mass is 10.1. The van der Waals surface area contributed by atoms with Crippen LogP contribution in [0.5, 0.6) is 0 Å². The van der Waals surface area contributed by atoms with Gasteiger partial charge in [-0.25, -0.2) is 4.98 Å². The van der Waals surface area contributed by atoms with Crippen molar-refractivity contribution in [3.8, 4) is 0 Å². The average molecular weight is 368 g/mol. The van der Waals surface area contributed by atoms with Crippen LogP contribution in [-0.2, 0) is 17.8 Å². The lowest BCUT2D eigenvalue weighted by Crippen LogP contribution is -2.39. The van der Waals surface area contributed by atoms with E-state index in [1.807, 2.05) is 13.0 Å². The molecular formula is C19H24N6O2. The zero-order chi connectivity index (χ0) is 18.8. The predicted molar refractivity (Wildman–Crippen MR) is 102 cm³/mol. The molecule has 3 aromatic rings. The smallest absolute Gasteiger partial charge is 0.297 e. The first kappa shape index (κ1) is 17.6. The lowest BCUT2D eigenvalue weighted by molar-refractivity contribution is -0.122.